The number of para-hydroxylation sites is 1. The van der Waals surface area contributed by atoms with Crippen LogP contribution in [0.5, 0.6) is 11.5 Å². The highest BCUT2D eigenvalue weighted by atomic mass is 35.5. The van der Waals surface area contributed by atoms with Crippen LogP contribution in [0, 0.1) is 0 Å². The number of ether oxygens (including phenoxy) is 3. The van der Waals surface area contributed by atoms with Crippen molar-refractivity contribution < 1.29 is 18.7 Å². The zero-order chi connectivity index (χ0) is 29.8. The number of likely N-dealkylation sites (tertiary alicyclic amines) is 1. The number of H-pyrrole nitrogens is 1. The zero-order valence-electron chi connectivity index (χ0n) is 23.9. The molecule has 0 saturated carbocycles. The topological polar surface area (TPSA) is 146 Å². The number of benzene rings is 1. The fraction of sp³-hybridized carbons (Fsp3) is 0.400. The third-order valence-corrected chi connectivity index (χ3v) is 8.85. The van der Waals surface area contributed by atoms with Crippen molar-refractivity contribution in [2.75, 3.05) is 19.7 Å². The third-order valence-electron chi connectivity index (χ3n) is 8.63. The first-order valence-corrected chi connectivity index (χ1v) is 15.1. The largest absolute Gasteiger partial charge is 0.443 e. The molecular formula is C30H29ClN8O5. The number of hydrogen-bond donors (Lipinski definition) is 1. The molecule has 2 fully saturated rings. The molecule has 0 bridgehead atoms. The lowest BCUT2D eigenvalue weighted by atomic mass is 9.88. The molecule has 44 heavy (non-hydrogen) atoms. The van der Waals surface area contributed by atoms with Crippen LogP contribution >= 0.6 is 11.6 Å². The van der Waals surface area contributed by atoms with E-state index in [1.54, 1.807) is 18.3 Å². The summed E-state index contributed by atoms with van der Waals surface area (Å²) in [6.07, 6.45) is 4.65. The summed E-state index contributed by atoms with van der Waals surface area (Å²) in [6, 6.07) is 11.5. The fourth-order valence-corrected chi connectivity index (χ4v) is 6.30. The van der Waals surface area contributed by atoms with Gasteiger partial charge in [0.1, 0.15) is 22.7 Å². The second kappa shape index (κ2) is 10.7. The van der Waals surface area contributed by atoms with Crippen molar-refractivity contribution in [3.8, 4) is 23.0 Å². The second-order valence-corrected chi connectivity index (χ2v) is 12.0. The van der Waals surface area contributed by atoms with Crippen molar-refractivity contribution in [1.82, 2.24) is 39.8 Å². The van der Waals surface area contributed by atoms with Gasteiger partial charge >= 0.3 is 5.76 Å². The molecule has 2 saturated heterocycles. The monoisotopic (exact) mass is 616 g/mol. The average Bonchev–Trinajstić information content (AvgIpc) is 3.69. The average molecular weight is 617 g/mol. The maximum Gasteiger partial charge on any atom is 0.439 e. The van der Waals surface area contributed by atoms with Crippen molar-refractivity contribution in [1.29, 1.82) is 0 Å². The van der Waals surface area contributed by atoms with Gasteiger partial charge < -0.3 is 18.8 Å². The summed E-state index contributed by atoms with van der Waals surface area (Å²) < 4.78 is 25.2. The molecule has 226 valence electrons. The normalized spacial score (nSPS) is 22.0. The highest BCUT2D eigenvalue weighted by Gasteiger charge is 2.42. The van der Waals surface area contributed by atoms with Gasteiger partial charge in [0, 0.05) is 25.3 Å². The quantitative estimate of drug-likeness (QED) is 0.283. The van der Waals surface area contributed by atoms with Gasteiger partial charge in [-0.05, 0) is 62.5 Å². The number of hydrogen-bond acceptors (Lipinski definition) is 11. The maximum absolute atomic E-state index is 11.4. The Kier molecular flexibility index (Phi) is 6.61. The van der Waals surface area contributed by atoms with Crippen molar-refractivity contribution in [2.24, 2.45) is 0 Å². The van der Waals surface area contributed by atoms with Crippen LogP contribution in [0.2, 0.25) is 5.02 Å². The molecular weight excluding hydrogens is 588 g/mol. The van der Waals surface area contributed by atoms with E-state index in [0.29, 0.717) is 46.6 Å². The molecule has 7 heterocycles. The molecule has 2 atom stereocenters. The van der Waals surface area contributed by atoms with E-state index in [-0.39, 0.29) is 11.9 Å². The summed E-state index contributed by atoms with van der Waals surface area (Å²) in [6.45, 7) is 5.76. The molecule has 0 aliphatic carbocycles. The van der Waals surface area contributed by atoms with Gasteiger partial charge in [0.15, 0.2) is 17.1 Å². The Hall–Kier alpha value is -4.33. The maximum atomic E-state index is 11.4. The van der Waals surface area contributed by atoms with Crippen molar-refractivity contribution in [2.45, 2.75) is 57.1 Å². The Morgan fingerprint density at radius 2 is 1.98 bits per heavy atom. The van der Waals surface area contributed by atoms with E-state index in [4.69, 9.17) is 30.8 Å². The van der Waals surface area contributed by atoms with E-state index >= 15 is 0 Å². The minimum atomic E-state index is -1.02. The molecule has 8 rings (SSSR count). The van der Waals surface area contributed by atoms with E-state index in [2.05, 4.69) is 45.4 Å². The minimum absolute atomic E-state index is 0.126. The highest BCUT2D eigenvalue weighted by molar-refractivity contribution is 6.30. The van der Waals surface area contributed by atoms with Crippen molar-refractivity contribution in [3.63, 3.8) is 0 Å². The molecule has 0 unspecified atom stereocenters. The summed E-state index contributed by atoms with van der Waals surface area (Å²) in [5, 5.41) is 13.0. The lowest BCUT2D eigenvalue weighted by molar-refractivity contribution is -0.0722. The molecule has 13 nitrogen and oxygen atoms in total. The highest BCUT2D eigenvalue weighted by Crippen LogP contribution is 2.49. The number of imidazole rings is 1. The molecule has 3 aliphatic rings. The van der Waals surface area contributed by atoms with Crippen LogP contribution in [0.3, 0.4) is 0 Å². The molecule has 0 radical (unpaired) electrons. The van der Waals surface area contributed by atoms with E-state index in [9.17, 15) is 4.79 Å². The Bertz CT molecular complexity index is 1890. The number of halogens is 1. The molecule has 3 aliphatic heterocycles. The fourth-order valence-electron chi connectivity index (χ4n) is 6.19. The van der Waals surface area contributed by atoms with Gasteiger partial charge in [0.25, 0.3) is 5.79 Å². The summed E-state index contributed by atoms with van der Waals surface area (Å²) in [5.74, 6) is 1.30. The van der Waals surface area contributed by atoms with Crippen LogP contribution in [0.4, 0.5) is 0 Å². The number of nitrogens with zero attached hydrogens (tertiary/aromatic N) is 7. The number of aromatic amines is 1. The van der Waals surface area contributed by atoms with Gasteiger partial charge in [-0.2, -0.15) is 0 Å². The number of rotatable bonds is 7. The standard InChI is InChI=1S/C30H29ClN8O5/c1-30(24-6-5-18(31)14-32-24)42-23-4-2-3-20(26(23)43-30)17-7-10-38(11-8-17)16-25-33-22-13-21(27-34-29(40)44-37-27)35-36-28(22)39(25)15-19-9-12-41-19/h2-6,13-14,17,19H,7-12,15-16H2,1H3,(H,34,37,40)/t19-,30-/m0/s1. The SMILES string of the molecule is C[C@]1(c2ccc(Cl)cn2)Oc2cccc(C3CCN(Cc4nc5cc(-c6noc(=O)[nH]6)nnc5n4C[C@@H]4CCO4)CC3)c2O1. The predicted molar refractivity (Wildman–Crippen MR) is 157 cm³/mol. The lowest BCUT2D eigenvalue weighted by Crippen LogP contribution is -2.35. The Morgan fingerprint density at radius 1 is 1.11 bits per heavy atom. The predicted octanol–water partition coefficient (Wildman–Crippen LogP) is 4.03. The van der Waals surface area contributed by atoms with Gasteiger partial charge in [0.2, 0.25) is 5.82 Å². The van der Waals surface area contributed by atoms with Crippen LogP contribution in [0.1, 0.15) is 49.2 Å². The summed E-state index contributed by atoms with van der Waals surface area (Å²) in [7, 11) is 0. The number of pyridine rings is 1. The van der Waals surface area contributed by atoms with Crippen LogP contribution in [0.15, 0.2) is 51.9 Å². The minimum Gasteiger partial charge on any atom is -0.443 e. The van der Waals surface area contributed by atoms with E-state index in [0.717, 1.165) is 61.8 Å². The van der Waals surface area contributed by atoms with Crippen LogP contribution < -0.4 is 15.2 Å². The van der Waals surface area contributed by atoms with E-state index in [1.165, 1.54) is 0 Å². The summed E-state index contributed by atoms with van der Waals surface area (Å²) in [5.41, 5.74) is 3.57. The molecule has 0 spiro atoms. The molecule has 0 amide bonds. The summed E-state index contributed by atoms with van der Waals surface area (Å²) >= 11 is 6.05. The zero-order valence-corrected chi connectivity index (χ0v) is 24.7. The van der Waals surface area contributed by atoms with E-state index < -0.39 is 11.5 Å². The van der Waals surface area contributed by atoms with Crippen LogP contribution in [0.25, 0.3) is 22.7 Å². The second-order valence-electron chi connectivity index (χ2n) is 11.5. The number of aromatic nitrogens is 7. The van der Waals surface area contributed by atoms with Crippen molar-refractivity contribution in [3.05, 3.63) is 75.3 Å². The third kappa shape index (κ3) is 4.90. The number of piperidine rings is 1. The first kappa shape index (κ1) is 27.2. The Labute approximate surface area is 256 Å². The number of nitrogens with one attached hydrogen (secondary N) is 1. The van der Waals surface area contributed by atoms with Gasteiger partial charge in [-0.3, -0.25) is 19.4 Å². The smallest absolute Gasteiger partial charge is 0.439 e. The Balaban J connectivity index is 0.999. The Morgan fingerprint density at radius 3 is 2.70 bits per heavy atom. The van der Waals surface area contributed by atoms with Crippen molar-refractivity contribution >= 4 is 22.8 Å². The van der Waals surface area contributed by atoms with E-state index in [1.807, 2.05) is 25.1 Å². The first-order chi connectivity index (χ1) is 21.4. The van der Waals surface area contributed by atoms with Gasteiger partial charge in [-0.15, -0.1) is 10.2 Å². The lowest BCUT2D eigenvalue weighted by Gasteiger charge is -2.33. The van der Waals surface area contributed by atoms with Crippen LogP contribution in [-0.4, -0.2) is 65.6 Å². The molecule has 5 aromatic rings. The molecule has 1 N–H and O–H groups in total. The molecule has 14 heteroatoms. The number of fused-ring (bicyclic) bond motifs is 2. The van der Waals surface area contributed by atoms with Gasteiger partial charge in [-0.25, -0.2) is 9.78 Å². The van der Waals surface area contributed by atoms with Gasteiger partial charge in [-0.1, -0.05) is 28.9 Å². The first-order valence-electron chi connectivity index (χ1n) is 14.7. The van der Waals surface area contributed by atoms with Gasteiger partial charge in [0.05, 0.1) is 24.2 Å². The molecule has 4 aromatic heterocycles. The molecule has 1 aromatic carbocycles. The van der Waals surface area contributed by atoms with Crippen LogP contribution in [-0.2, 0) is 23.6 Å². The summed E-state index contributed by atoms with van der Waals surface area (Å²) in [4.78, 5) is 25.8.